The predicted octanol–water partition coefficient (Wildman–Crippen LogP) is 2.04. The molecule has 0 aliphatic heterocycles. The Balaban J connectivity index is 2.96. The summed E-state index contributed by atoms with van der Waals surface area (Å²) in [6.07, 6.45) is 1.64. The third-order valence-electron chi connectivity index (χ3n) is 2.08. The summed E-state index contributed by atoms with van der Waals surface area (Å²) in [6, 6.07) is 2.58. The van der Waals surface area contributed by atoms with Crippen molar-refractivity contribution in [1.29, 1.82) is 0 Å². The Bertz CT molecular complexity index is 553. The maximum atomic E-state index is 13.4. The summed E-state index contributed by atoms with van der Waals surface area (Å²) in [5, 5.41) is 10.5. The first-order valence-corrected chi connectivity index (χ1v) is 5.28. The van der Waals surface area contributed by atoms with Crippen LogP contribution in [0.1, 0.15) is 17.3 Å². The van der Waals surface area contributed by atoms with Gasteiger partial charge in [0, 0.05) is 18.2 Å². The molecule has 1 aromatic rings. The quantitative estimate of drug-likeness (QED) is 0.268. The molecule has 0 aromatic heterocycles. The minimum absolute atomic E-state index is 0.141. The fourth-order valence-electron chi connectivity index (χ4n) is 1.24. The molecule has 0 N–H and O–H groups in total. The highest BCUT2D eigenvalue weighted by atomic mass is 19.1. The van der Waals surface area contributed by atoms with E-state index in [1.165, 1.54) is 0 Å². The lowest BCUT2D eigenvalue weighted by Crippen LogP contribution is -2.04. The fourth-order valence-corrected chi connectivity index (χ4v) is 1.24. The van der Waals surface area contributed by atoms with Crippen molar-refractivity contribution in [2.24, 2.45) is 0 Å². The molecule has 7 heteroatoms. The number of nitrogens with zero attached hydrogens (tertiary/aromatic N) is 1. The van der Waals surface area contributed by atoms with Gasteiger partial charge in [-0.25, -0.2) is 9.18 Å². The number of ether oxygens (including phenoxy) is 1. The van der Waals surface area contributed by atoms with Gasteiger partial charge in [-0.3, -0.25) is 14.9 Å². The normalized spacial score (nSPS) is 10.4. The summed E-state index contributed by atoms with van der Waals surface area (Å²) in [5.74, 6) is -2.50. The highest BCUT2D eigenvalue weighted by Crippen LogP contribution is 2.17. The molecule has 19 heavy (non-hydrogen) atoms. The zero-order chi connectivity index (χ0) is 14.4. The maximum absolute atomic E-state index is 13.4. The van der Waals surface area contributed by atoms with Gasteiger partial charge in [-0.2, -0.15) is 0 Å². The molecular formula is C12H10FNO5. The molecule has 0 amide bonds. The highest BCUT2D eigenvalue weighted by Gasteiger charge is 2.15. The molecule has 0 radical (unpaired) electrons. The molecule has 100 valence electrons. The third-order valence-corrected chi connectivity index (χ3v) is 2.08. The van der Waals surface area contributed by atoms with Crippen LogP contribution in [0.3, 0.4) is 0 Å². The second kappa shape index (κ2) is 6.39. The summed E-state index contributed by atoms with van der Waals surface area (Å²) < 4.78 is 17.9. The number of carbonyl (C=O) groups is 2. The lowest BCUT2D eigenvalue weighted by atomic mass is 10.1. The topological polar surface area (TPSA) is 86.5 Å². The molecule has 1 rings (SSSR count). The zero-order valence-corrected chi connectivity index (χ0v) is 9.96. The Hall–Kier alpha value is -2.57. The predicted molar refractivity (Wildman–Crippen MR) is 63.2 cm³/mol. The average molecular weight is 267 g/mol. The molecule has 0 fully saturated rings. The molecule has 1 aromatic carbocycles. The van der Waals surface area contributed by atoms with Crippen LogP contribution in [0, 0.1) is 15.9 Å². The summed E-state index contributed by atoms with van der Waals surface area (Å²) >= 11 is 0. The van der Waals surface area contributed by atoms with Gasteiger partial charge in [0.2, 0.25) is 0 Å². The number of benzene rings is 1. The van der Waals surface area contributed by atoms with Gasteiger partial charge in [0.05, 0.1) is 17.1 Å². The Labute approximate surface area is 107 Å². The van der Waals surface area contributed by atoms with E-state index in [1.54, 1.807) is 6.92 Å². The molecule has 0 spiro atoms. The minimum Gasteiger partial charge on any atom is -0.463 e. The van der Waals surface area contributed by atoms with Gasteiger partial charge in [0.15, 0.2) is 5.78 Å². The van der Waals surface area contributed by atoms with Gasteiger partial charge in [-0.1, -0.05) is 0 Å². The summed E-state index contributed by atoms with van der Waals surface area (Å²) in [7, 11) is 0. The molecule has 0 aliphatic rings. The number of allylic oxidation sites excluding steroid dienone is 1. The second-order valence-electron chi connectivity index (χ2n) is 3.37. The Morgan fingerprint density at radius 3 is 2.68 bits per heavy atom. The highest BCUT2D eigenvalue weighted by molar-refractivity contribution is 6.07. The Morgan fingerprint density at radius 1 is 1.42 bits per heavy atom. The van der Waals surface area contributed by atoms with Gasteiger partial charge in [0.1, 0.15) is 5.82 Å². The molecule has 0 saturated heterocycles. The van der Waals surface area contributed by atoms with E-state index in [4.69, 9.17) is 0 Å². The van der Waals surface area contributed by atoms with Gasteiger partial charge in [-0.15, -0.1) is 0 Å². The van der Waals surface area contributed by atoms with Crippen LogP contribution in [0.5, 0.6) is 0 Å². The zero-order valence-electron chi connectivity index (χ0n) is 9.96. The van der Waals surface area contributed by atoms with E-state index < -0.39 is 33.7 Å². The monoisotopic (exact) mass is 267 g/mol. The first-order valence-electron chi connectivity index (χ1n) is 5.28. The van der Waals surface area contributed by atoms with Crippen LogP contribution in [-0.4, -0.2) is 23.3 Å². The molecule has 0 aliphatic carbocycles. The molecule has 0 heterocycles. The van der Waals surface area contributed by atoms with Gasteiger partial charge < -0.3 is 4.74 Å². The van der Waals surface area contributed by atoms with E-state index in [0.717, 1.165) is 30.4 Å². The maximum Gasteiger partial charge on any atom is 0.330 e. The van der Waals surface area contributed by atoms with Gasteiger partial charge in [0.25, 0.3) is 5.69 Å². The number of nitro benzene ring substituents is 1. The van der Waals surface area contributed by atoms with Crippen molar-refractivity contribution in [3.63, 3.8) is 0 Å². The molecule has 0 bridgehead atoms. The molecule has 0 atom stereocenters. The molecule has 0 saturated carbocycles. The van der Waals surface area contributed by atoms with Crippen molar-refractivity contribution in [2.75, 3.05) is 6.61 Å². The third kappa shape index (κ3) is 3.98. The number of rotatable bonds is 5. The number of carbonyl (C=O) groups excluding carboxylic acids is 2. The fraction of sp³-hybridized carbons (Fsp3) is 0.167. The number of hydrogen-bond acceptors (Lipinski definition) is 5. The lowest BCUT2D eigenvalue weighted by Gasteiger charge is -1.99. The van der Waals surface area contributed by atoms with Crippen molar-refractivity contribution in [1.82, 2.24) is 0 Å². The van der Waals surface area contributed by atoms with Crippen molar-refractivity contribution in [3.05, 3.63) is 51.8 Å². The van der Waals surface area contributed by atoms with Crippen LogP contribution in [0.25, 0.3) is 0 Å². The van der Waals surface area contributed by atoms with Crippen molar-refractivity contribution < 1.29 is 23.6 Å². The average Bonchev–Trinajstić information content (AvgIpc) is 2.36. The van der Waals surface area contributed by atoms with E-state index in [1.807, 2.05) is 0 Å². The number of hydrogen-bond donors (Lipinski definition) is 0. The van der Waals surface area contributed by atoms with Crippen LogP contribution in [-0.2, 0) is 9.53 Å². The summed E-state index contributed by atoms with van der Waals surface area (Å²) in [4.78, 5) is 32.3. The van der Waals surface area contributed by atoms with Crippen LogP contribution in [0.4, 0.5) is 10.1 Å². The van der Waals surface area contributed by atoms with Crippen LogP contribution in [0.2, 0.25) is 0 Å². The smallest absolute Gasteiger partial charge is 0.330 e. The van der Waals surface area contributed by atoms with Crippen LogP contribution >= 0.6 is 0 Å². The largest absolute Gasteiger partial charge is 0.463 e. The lowest BCUT2D eigenvalue weighted by molar-refractivity contribution is -0.384. The van der Waals surface area contributed by atoms with E-state index in [2.05, 4.69) is 4.74 Å². The summed E-state index contributed by atoms with van der Waals surface area (Å²) in [6.45, 7) is 1.73. The Kier molecular flexibility index (Phi) is 4.87. The number of non-ortho nitro benzene ring substituents is 1. The van der Waals surface area contributed by atoms with E-state index in [0.29, 0.717) is 0 Å². The number of halogens is 1. The molecule has 0 unspecified atom stereocenters. The van der Waals surface area contributed by atoms with Crippen molar-refractivity contribution >= 4 is 17.4 Å². The van der Waals surface area contributed by atoms with E-state index in [9.17, 15) is 24.1 Å². The van der Waals surface area contributed by atoms with Crippen LogP contribution < -0.4 is 0 Å². The standard InChI is InChI=1S/C12H10FNO5/c1-2-19-12(16)6-5-11(15)9-7-8(14(17)18)3-4-10(9)13/h3-7H,2H2,1H3/b6-5+. The van der Waals surface area contributed by atoms with Crippen molar-refractivity contribution in [2.45, 2.75) is 6.92 Å². The minimum atomic E-state index is -0.899. The van der Waals surface area contributed by atoms with E-state index in [-0.39, 0.29) is 6.61 Å². The number of ketones is 1. The molecule has 6 nitrogen and oxygen atoms in total. The first kappa shape index (κ1) is 14.5. The summed E-state index contributed by atoms with van der Waals surface area (Å²) in [5.41, 5.74) is -0.885. The van der Waals surface area contributed by atoms with E-state index >= 15 is 0 Å². The first-order chi connectivity index (χ1) is 8.95. The van der Waals surface area contributed by atoms with Crippen LogP contribution in [0.15, 0.2) is 30.4 Å². The van der Waals surface area contributed by atoms with Gasteiger partial charge >= 0.3 is 5.97 Å². The number of nitro groups is 1. The molecular weight excluding hydrogens is 257 g/mol. The second-order valence-corrected chi connectivity index (χ2v) is 3.37. The SMILES string of the molecule is CCOC(=O)/C=C/C(=O)c1cc([N+](=O)[O-])ccc1F. The van der Waals surface area contributed by atoms with Gasteiger partial charge in [-0.05, 0) is 19.1 Å². The number of esters is 1. The Morgan fingerprint density at radius 2 is 2.11 bits per heavy atom. The van der Waals surface area contributed by atoms with Crippen molar-refractivity contribution in [3.8, 4) is 0 Å².